The zero-order valence-corrected chi connectivity index (χ0v) is 10.2. The van der Waals surface area contributed by atoms with Gasteiger partial charge in [0.25, 0.3) is 0 Å². The van der Waals surface area contributed by atoms with E-state index in [-0.39, 0.29) is 5.75 Å². The van der Waals surface area contributed by atoms with Gasteiger partial charge < -0.3 is 9.84 Å². The summed E-state index contributed by atoms with van der Waals surface area (Å²) in [4.78, 5) is 0. The minimum absolute atomic E-state index is 0.0873. The van der Waals surface area contributed by atoms with E-state index in [0.717, 1.165) is 16.9 Å². The monoisotopic (exact) mass is 248 g/mol. The first-order valence-corrected chi connectivity index (χ1v) is 5.81. The smallest absolute Gasteiger partial charge is 0.134 e. The predicted molar refractivity (Wildman–Crippen MR) is 69.7 cm³/mol. The average Bonchev–Trinajstić information content (AvgIpc) is 2.34. The molecule has 0 radical (unpaired) electrons. The van der Waals surface area contributed by atoms with Gasteiger partial charge in [-0.15, -0.1) is 0 Å². The Morgan fingerprint density at radius 3 is 2.65 bits per heavy atom. The van der Waals surface area contributed by atoms with Crippen LogP contribution in [0.3, 0.4) is 0 Å². The highest BCUT2D eigenvalue weighted by molar-refractivity contribution is 6.32. The Morgan fingerprint density at radius 1 is 1.18 bits per heavy atom. The SMILES string of the molecule is CCOc1ccccc1-c1ccc(O)c(Cl)c1. The first kappa shape index (κ1) is 11.8. The van der Waals surface area contributed by atoms with Gasteiger partial charge in [0.1, 0.15) is 11.5 Å². The maximum atomic E-state index is 9.40. The molecular weight excluding hydrogens is 236 g/mol. The summed E-state index contributed by atoms with van der Waals surface area (Å²) in [6.45, 7) is 2.56. The van der Waals surface area contributed by atoms with E-state index >= 15 is 0 Å². The molecule has 2 aromatic carbocycles. The predicted octanol–water partition coefficient (Wildman–Crippen LogP) is 4.11. The molecule has 3 heteroatoms. The van der Waals surface area contributed by atoms with Crippen LogP contribution in [0.5, 0.6) is 11.5 Å². The van der Waals surface area contributed by atoms with Gasteiger partial charge in [-0.05, 0) is 30.7 Å². The lowest BCUT2D eigenvalue weighted by molar-refractivity contribution is 0.341. The molecular formula is C14H13ClO2. The highest BCUT2D eigenvalue weighted by Gasteiger charge is 2.07. The summed E-state index contributed by atoms with van der Waals surface area (Å²) in [5.41, 5.74) is 1.90. The number of phenolic OH excluding ortho intramolecular Hbond substituents is 1. The second-order valence-corrected chi connectivity index (χ2v) is 4.00. The molecule has 0 saturated carbocycles. The number of hydrogen-bond donors (Lipinski definition) is 1. The number of aromatic hydroxyl groups is 1. The molecule has 0 aromatic heterocycles. The normalized spacial score (nSPS) is 10.2. The van der Waals surface area contributed by atoms with Crippen LogP contribution in [0.15, 0.2) is 42.5 Å². The topological polar surface area (TPSA) is 29.5 Å². The molecule has 0 atom stereocenters. The van der Waals surface area contributed by atoms with E-state index in [1.165, 1.54) is 0 Å². The molecule has 0 aliphatic heterocycles. The lowest BCUT2D eigenvalue weighted by atomic mass is 10.0. The van der Waals surface area contributed by atoms with E-state index in [4.69, 9.17) is 16.3 Å². The summed E-state index contributed by atoms with van der Waals surface area (Å²) in [5, 5.41) is 9.74. The second-order valence-electron chi connectivity index (χ2n) is 3.60. The first-order chi connectivity index (χ1) is 8.22. The quantitative estimate of drug-likeness (QED) is 0.886. The number of ether oxygens (including phenoxy) is 1. The third-order valence-electron chi connectivity index (χ3n) is 2.45. The minimum atomic E-state index is 0.0873. The van der Waals surface area contributed by atoms with Crippen molar-refractivity contribution in [3.63, 3.8) is 0 Å². The molecule has 0 bridgehead atoms. The van der Waals surface area contributed by atoms with Gasteiger partial charge in [0.2, 0.25) is 0 Å². The van der Waals surface area contributed by atoms with E-state index in [1.54, 1.807) is 12.1 Å². The van der Waals surface area contributed by atoms with Crippen LogP contribution in [-0.4, -0.2) is 11.7 Å². The number of rotatable bonds is 3. The maximum Gasteiger partial charge on any atom is 0.134 e. The fourth-order valence-electron chi connectivity index (χ4n) is 1.66. The highest BCUT2D eigenvalue weighted by atomic mass is 35.5. The Labute approximate surface area is 105 Å². The molecule has 0 unspecified atom stereocenters. The molecule has 2 aromatic rings. The fraction of sp³-hybridized carbons (Fsp3) is 0.143. The molecule has 0 saturated heterocycles. The summed E-state index contributed by atoms with van der Waals surface area (Å²) < 4.78 is 5.56. The molecule has 1 N–H and O–H groups in total. The van der Waals surface area contributed by atoms with Gasteiger partial charge >= 0.3 is 0 Å². The van der Waals surface area contributed by atoms with Crippen LogP contribution in [0.25, 0.3) is 11.1 Å². The van der Waals surface area contributed by atoms with Crippen LogP contribution in [0, 0.1) is 0 Å². The summed E-state index contributed by atoms with van der Waals surface area (Å²) in [6.07, 6.45) is 0. The second kappa shape index (κ2) is 5.11. The summed E-state index contributed by atoms with van der Waals surface area (Å²) in [7, 11) is 0. The zero-order chi connectivity index (χ0) is 12.3. The van der Waals surface area contributed by atoms with Crippen molar-refractivity contribution >= 4 is 11.6 Å². The van der Waals surface area contributed by atoms with Crippen LogP contribution in [0.4, 0.5) is 0 Å². The maximum absolute atomic E-state index is 9.40. The zero-order valence-electron chi connectivity index (χ0n) is 9.48. The Morgan fingerprint density at radius 2 is 1.94 bits per heavy atom. The van der Waals surface area contributed by atoms with Gasteiger partial charge in [-0.1, -0.05) is 35.9 Å². The third kappa shape index (κ3) is 2.53. The Bertz CT molecular complexity index is 523. The molecule has 88 valence electrons. The minimum Gasteiger partial charge on any atom is -0.506 e. The summed E-state index contributed by atoms with van der Waals surface area (Å²) >= 11 is 5.90. The van der Waals surface area contributed by atoms with Gasteiger partial charge in [-0.2, -0.15) is 0 Å². The lowest BCUT2D eigenvalue weighted by Gasteiger charge is -2.10. The van der Waals surface area contributed by atoms with Crippen LogP contribution in [0.1, 0.15) is 6.92 Å². The number of benzene rings is 2. The Balaban J connectivity index is 2.48. The van der Waals surface area contributed by atoms with E-state index in [9.17, 15) is 5.11 Å². The molecule has 2 rings (SSSR count). The van der Waals surface area contributed by atoms with E-state index in [1.807, 2.05) is 37.3 Å². The van der Waals surface area contributed by atoms with Crippen LogP contribution in [0.2, 0.25) is 5.02 Å². The molecule has 0 heterocycles. The number of hydrogen-bond acceptors (Lipinski definition) is 2. The number of para-hydroxylation sites is 1. The first-order valence-electron chi connectivity index (χ1n) is 5.43. The standard InChI is InChI=1S/C14H13ClO2/c1-2-17-14-6-4-3-5-11(14)10-7-8-13(16)12(15)9-10/h3-9,16H,2H2,1H3. The van der Waals surface area contributed by atoms with Crippen molar-refractivity contribution in [2.75, 3.05) is 6.61 Å². The van der Waals surface area contributed by atoms with Gasteiger partial charge in [0.05, 0.1) is 11.6 Å². The van der Waals surface area contributed by atoms with E-state index < -0.39 is 0 Å². The fourth-order valence-corrected chi connectivity index (χ4v) is 1.84. The van der Waals surface area contributed by atoms with Gasteiger partial charge in [-0.3, -0.25) is 0 Å². The lowest BCUT2D eigenvalue weighted by Crippen LogP contribution is -1.93. The van der Waals surface area contributed by atoms with Crippen molar-refractivity contribution in [2.24, 2.45) is 0 Å². The summed E-state index contributed by atoms with van der Waals surface area (Å²) in [6, 6.07) is 12.9. The number of halogens is 1. The van der Waals surface area contributed by atoms with Crippen LogP contribution in [-0.2, 0) is 0 Å². The van der Waals surface area contributed by atoms with Crippen LogP contribution >= 0.6 is 11.6 Å². The highest BCUT2D eigenvalue weighted by Crippen LogP contribution is 2.34. The Kier molecular flexibility index (Phi) is 3.55. The molecule has 17 heavy (non-hydrogen) atoms. The van der Waals surface area contributed by atoms with Crippen LogP contribution < -0.4 is 4.74 Å². The van der Waals surface area contributed by atoms with Crippen molar-refractivity contribution < 1.29 is 9.84 Å². The van der Waals surface area contributed by atoms with Gasteiger partial charge in [0.15, 0.2) is 0 Å². The molecule has 0 fully saturated rings. The largest absolute Gasteiger partial charge is 0.506 e. The van der Waals surface area contributed by atoms with Gasteiger partial charge in [-0.25, -0.2) is 0 Å². The van der Waals surface area contributed by atoms with Crippen molar-refractivity contribution in [2.45, 2.75) is 6.92 Å². The molecule has 0 spiro atoms. The van der Waals surface area contributed by atoms with Crippen molar-refractivity contribution in [3.05, 3.63) is 47.5 Å². The van der Waals surface area contributed by atoms with E-state index in [2.05, 4.69) is 0 Å². The van der Waals surface area contributed by atoms with Crippen molar-refractivity contribution in [3.8, 4) is 22.6 Å². The van der Waals surface area contributed by atoms with Gasteiger partial charge in [0, 0.05) is 5.56 Å². The Hall–Kier alpha value is -1.67. The molecule has 0 amide bonds. The average molecular weight is 249 g/mol. The van der Waals surface area contributed by atoms with E-state index in [0.29, 0.717) is 11.6 Å². The number of phenols is 1. The summed E-state index contributed by atoms with van der Waals surface area (Å²) in [5.74, 6) is 0.904. The molecule has 0 aliphatic rings. The van der Waals surface area contributed by atoms with Crippen molar-refractivity contribution in [1.82, 2.24) is 0 Å². The third-order valence-corrected chi connectivity index (χ3v) is 2.75. The molecule has 0 aliphatic carbocycles. The van der Waals surface area contributed by atoms with Crippen molar-refractivity contribution in [1.29, 1.82) is 0 Å². The molecule has 2 nitrogen and oxygen atoms in total.